The van der Waals surface area contributed by atoms with Gasteiger partial charge in [0.15, 0.2) is 22.7 Å². The van der Waals surface area contributed by atoms with Gasteiger partial charge in [-0.05, 0) is 42.3 Å². The Bertz CT molecular complexity index is 1480. The van der Waals surface area contributed by atoms with Gasteiger partial charge in [-0.1, -0.05) is 18.2 Å². The normalized spacial score (nSPS) is 12.0. The largest absolute Gasteiger partial charge is 0.454 e. The number of nitrogens with zero attached hydrogens (tertiary/aromatic N) is 1. The minimum Gasteiger partial charge on any atom is -0.454 e. The van der Waals surface area contributed by atoms with Crippen LogP contribution in [-0.4, -0.2) is 12.7 Å². The third-order valence-electron chi connectivity index (χ3n) is 5.24. The van der Waals surface area contributed by atoms with Crippen LogP contribution in [0.4, 0.5) is 5.00 Å². The molecule has 5 rings (SSSR count). The number of rotatable bonds is 4. The van der Waals surface area contributed by atoms with Crippen LogP contribution in [0.15, 0.2) is 57.7 Å². The lowest BCUT2D eigenvalue weighted by Gasteiger charge is -2.04. The van der Waals surface area contributed by atoms with E-state index in [1.54, 1.807) is 24.3 Å². The molecule has 0 aliphatic carbocycles. The van der Waals surface area contributed by atoms with Crippen molar-refractivity contribution in [2.24, 2.45) is 0 Å². The number of ether oxygens (including phenoxy) is 2. The second kappa shape index (κ2) is 7.87. The summed E-state index contributed by atoms with van der Waals surface area (Å²) in [7, 11) is 0. The molecule has 0 atom stereocenters. The number of hydrogen-bond acceptors (Lipinski definition) is 7. The number of carbonyl (C=O) groups is 1. The van der Waals surface area contributed by atoms with Crippen molar-refractivity contribution in [2.45, 2.75) is 13.3 Å². The molecule has 0 spiro atoms. The first kappa shape index (κ1) is 19.8. The Morgan fingerprint density at radius 3 is 2.81 bits per heavy atom. The van der Waals surface area contributed by atoms with Crippen LogP contribution in [0, 0.1) is 18.3 Å². The molecular formula is C24H16N2O5S. The molecule has 1 amide bonds. The van der Waals surface area contributed by atoms with Gasteiger partial charge in [-0.25, -0.2) is 0 Å². The van der Waals surface area contributed by atoms with E-state index < -0.39 is 5.91 Å². The van der Waals surface area contributed by atoms with Crippen molar-refractivity contribution in [3.8, 4) is 17.6 Å². The minimum absolute atomic E-state index is 0.110. The topological polar surface area (TPSA) is 102 Å². The van der Waals surface area contributed by atoms with Crippen LogP contribution >= 0.6 is 11.3 Å². The Labute approximate surface area is 186 Å². The highest BCUT2D eigenvalue weighted by Gasteiger charge is 2.21. The highest BCUT2D eigenvalue weighted by molar-refractivity contribution is 7.16. The zero-order chi connectivity index (χ0) is 22.2. The Hall–Kier alpha value is -4.09. The molecule has 32 heavy (non-hydrogen) atoms. The van der Waals surface area contributed by atoms with Gasteiger partial charge >= 0.3 is 0 Å². The van der Waals surface area contributed by atoms with Crippen LogP contribution in [0.3, 0.4) is 0 Å². The zero-order valence-electron chi connectivity index (χ0n) is 16.9. The van der Waals surface area contributed by atoms with Crippen molar-refractivity contribution in [3.05, 3.63) is 86.1 Å². The number of nitriles is 1. The first-order valence-corrected chi connectivity index (χ1v) is 10.6. The molecule has 8 heteroatoms. The summed E-state index contributed by atoms with van der Waals surface area (Å²) in [6.45, 7) is 2.06. The molecule has 2 aromatic heterocycles. The fourth-order valence-electron chi connectivity index (χ4n) is 3.57. The van der Waals surface area contributed by atoms with Crippen molar-refractivity contribution in [1.29, 1.82) is 5.26 Å². The number of thiophene rings is 1. The summed E-state index contributed by atoms with van der Waals surface area (Å²) < 4.78 is 16.4. The Morgan fingerprint density at radius 1 is 1.16 bits per heavy atom. The molecule has 0 bridgehead atoms. The van der Waals surface area contributed by atoms with Gasteiger partial charge in [0.2, 0.25) is 6.79 Å². The van der Waals surface area contributed by atoms with Gasteiger partial charge in [-0.2, -0.15) is 5.26 Å². The Balaban J connectivity index is 1.43. The van der Waals surface area contributed by atoms with Crippen molar-refractivity contribution in [3.63, 3.8) is 0 Å². The lowest BCUT2D eigenvalue weighted by molar-refractivity contribution is 0.0997. The number of hydrogen-bond donors (Lipinski definition) is 1. The van der Waals surface area contributed by atoms with Gasteiger partial charge in [0.25, 0.3) is 5.91 Å². The van der Waals surface area contributed by atoms with E-state index in [-0.39, 0.29) is 18.0 Å². The van der Waals surface area contributed by atoms with Crippen LogP contribution in [0.5, 0.6) is 11.5 Å². The highest BCUT2D eigenvalue weighted by atomic mass is 32.1. The molecule has 7 nitrogen and oxygen atoms in total. The van der Waals surface area contributed by atoms with E-state index in [0.29, 0.717) is 39.5 Å². The van der Waals surface area contributed by atoms with Crippen molar-refractivity contribution >= 4 is 33.2 Å². The van der Waals surface area contributed by atoms with E-state index in [1.807, 2.05) is 25.1 Å². The van der Waals surface area contributed by atoms with Crippen molar-refractivity contribution < 1.29 is 18.7 Å². The van der Waals surface area contributed by atoms with E-state index in [4.69, 9.17) is 13.9 Å². The van der Waals surface area contributed by atoms with Crippen LogP contribution in [-0.2, 0) is 6.42 Å². The summed E-state index contributed by atoms with van der Waals surface area (Å²) in [5, 5.41) is 13.2. The third kappa shape index (κ3) is 3.49. The summed E-state index contributed by atoms with van der Waals surface area (Å²) in [6.07, 6.45) is 0.572. The van der Waals surface area contributed by atoms with Crippen LogP contribution in [0.1, 0.15) is 32.1 Å². The van der Waals surface area contributed by atoms with Crippen LogP contribution in [0.2, 0.25) is 0 Å². The minimum atomic E-state index is -0.583. The quantitative estimate of drug-likeness (QED) is 0.493. The number of fused-ring (bicyclic) bond motifs is 2. The molecule has 1 N–H and O–H groups in total. The maximum atomic E-state index is 12.8. The van der Waals surface area contributed by atoms with Gasteiger partial charge in [0, 0.05) is 17.4 Å². The summed E-state index contributed by atoms with van der Waals surface area (Å²) >= 11 is 1.32. The molecule has 0 unspecified atom stereocenters. The average Bonchev–Trinajstić information content (AvgIpc) is 3.37. The van der Waals surface area contributed by atoms with E-state index in [2.05, 4.69) is 11.4 Å². The lowest BCUT2D eigenvalue weighted by atomic mass is 10.1. The predicted octanol–water partition coefficient (Wildman–Crippen LogP) is 4.61. The number of benzene rings is 2. The fraction of sp³-hybridized carbons (Fsp3) is 0.125. The van der Waals surface area contributed by atoms with Gasteiger partial charge in [-0.3, -0.25) is 9.59 Å². The standard InChI is InChI=1S/C24H16N2O5S/c1-13-16(11-25)24(32-22(13)9-14-6-7-19-20(8-14)30-12-29-19)26-23(28)21-10-17(27)15-4-2-3-5-18(15)31-21/h2-8,10H,9,12H2,1H3,(H,26,28). The molecule has 0 fully saturated rings. The average molecular weight is 444 g/mol. The van der Waals surface area contributed by atoms with E-state index in [9.17, 15) is 14.9 Å². The molecule has 1 aliphatic heterocycles. The first-order valence-electron chi connectivity index (χ1n) is 9.78. The van der Waals surface area contributed by atoms with Gasteiger partial charge in [0.05, 0.1) is 10.9 Å². The number of amides is 1. The monoisotopic (exact) mass is 444 g/mol. The van der Waals surface area contributed by atoms with E-state index >= 15 is 0 Å². The van der Waals surface area contributed by atoms with Gasteiger partial charge in [-0.15, -0.1) is 11.3 Å². The summed E-state index contributed by atoms with van der Waals surface area (Å²) in [5.41, 5.74) is 2.22. The van der Waals surface area contributed by atoms with Crippen molar-refractivity contribution in [1.82, 2.24) is 0 Å². The summed E-state index contributed by atoms with van der Waals surface area (Å²) in [4.78, 5) is 26.1. The number of para-hydroxylation sites is 1. The molecule has 3 heterocycles. The zero-order valence-corrected chi connectivity index (χ0v) is 17.7. The smallest absolute Gasteiger partial charge is 0.292 e. The third-order valence-corrected chi connectivity index (χ3v) is 6.45. The molecule has 1 aliphatic rings. The molecular weight excluding hydrogens is 428 g/mol. The molecule has 0 saturated heterocycles. The summed E-state index contributed by atoms with van der Waals surface area (Å²) in [6, 6.07) is 15.8. The summed E-state index contributed by atoms with van der Waals surface area (Å²) in [5.74, 6) is 0.706. The number of carbonyl (C=O) groups excluding carboxylic acids is 1. The van der Waals surface area contributed by atoms with Crippen LogP contribution < -0.4 is 20.2 Å². The maximum Gasteiger partial charge on any atom is 0.292 e. The highest BCUT2D eigenvalue weighted by Crippen LogP contribution is 2.37. The SMILES string of the molecule is Cc1c(Cc2ccc3c(c2)OCO3)sc(NC(=O)c2cc(=O)c3ccccc3o2)c1C#N. The van der Waals surface area contributed by atoms with Crippen LogP contribution in [0.25, 0.3) is 11.0 Å². The molecule has 0 saturated carbocycles. The Kier molecular flexibility index (Phi) is 4.88. The van der Waals surface area contributed by atoms with Gasteiger partial charge < -0.3 is 19.2 Å². The van der Waals surface area contributed by atoms with Gasteiger partial charge in [0.1, 0.15) is 16.7 Å². The predicted molar refractivity (Wildman–Crippen MR) is 120 cm³/mol. The number of nitrogens with one attached hydrogen (secondary N) is 1. The second-order valence-corrected chi connectivity index (χ2v) is 8.36. The molecule has 4 aromatic rings. The maximum absolute atomic E-state index is 12.8. The fourth-order valence-corrected chi connectivity index (χ4v) is 4.75. The number of anilines is 1. The first-order chi connectivity index (χ1) is 15.5. The Morgan fingerprint density at radius 2 is 1.97 bits per heavy atom. The van der Waals surface area contributed by atoms with E-state index in [1.165, 1.54) is 11.3 Å². The lowest BCUT2D eigenvalue weighted by Crippen LogP contribution is -2.14. The molecule has 0 radical (unpaired) electrons. The molecule has 2 aromatic carbocycles. The van der Waals surface area contributed by atoms with E-state index in [0.717, 1.165) is 22.1 Å². The molecule has 158 valence electrons. The van der Waals surface area contributed by atoms with Crippen molar-refractivity contribution in [2.75, 3.05) is 12.1 Å². The second-order valence-electron chi connectivity index (χ2n) is 7.26.